The first-order valence-corrected chi connectivity index (χ1v) is 7.59. The zero-order chi connectivity index (χ0) is 11.5. The number of hydrogen-bond donors (Lipinski definition) is 0. The Balaban J connectivity index is 2.32. The zero-order valence-corrected chi connectivity index (χ0v) is 14.0. The van der Waals surface area contributed by atoms with Crippen molar-refractivity contribution in [1.82, 2.24) is 0 Å². The molecule has 76 valence electrons. The third kappa shape index (κ3) is 3.09. The predicted octanol–water partition coefficient (Wildman–Crippen LogP) is 4.33. The molecule has 2 aromatic carbocycles. The third-order valence-electron chi connectivity index (χ3n) is 2.27. The van der Waals surface area contributed by atoms with Crippen molar-refractivity contribution in [2.24, 2.45) is 0 Å². The summed E-state index contributed by atoms with van der Waals surface area (Å²) in [5, 5.41) is 0. The van der Waals surface area contributed by atoms with E-state index in [2.05, 4.69) is 80.4 Å². The van der Waals surface area contributed by atoms with Crippen LogP contribution >= 0.6 is 31.9 Å². The van der Waals surface area contributed by atoms with E-state index in [9.17, 15) is 0 Å². The van der Waals surface area contributed by atoms with Crippen LogP contribution in [0, 0.1) is 0 Å². The quantitative estimate of drug-likeness (QED) is 0.685. The van der Waals surface area contributed by atoms with E-state index in [0.29, 0.717) is 0 Å². The molecule has 0 aromatic heterocycles. The normalized spacial score (nSPS) is 10.2. The maximum atomic E-state index is 3.45. The number of rotatable bonds is 2. The van der Waals surface area contributed by atoms with Gasteiger partial charge in [-0.15, -0.1) is 0 Å². The van der Waals surface area contributed by atoms with Gasteiger partial charge in [0.2, 0.25) is 0 Å². The summed E-state index contributed by atoms with van der Waals surface area (Å²) in [6, 6.07) is 16.9. The Morgan fingerprint density at radius 1 is 0.688 bits per heavy atom. The molecule has 3 heteroatoms. The van der Waals surface area contributed by atoms with Gasteiger partial charge in [0, 0.05) is 0 Å². The van der Waals surface area contributed by atoms with Gasteiger partial charge in [-0.1, -0.05) is 0 Å². The third-order valence-corrected chi connectivity index (χ3v) is 4.74. The fraction of sp³-hybridized carbons (Fsp3) is 0. The second-order valence-electron chi connectivity index (χ2n) is 3.39. The van der Waals surface area contributed by atoms with Crippen LogP contribution in [0.25, 0.3) is 0 Å². The molecule has 0 aliphatic heterocycles. The van der Waals surface area contributed by atoms with E-state index in [4.69, 9.17) is 0 Å². The van der Waals surface area contributed by atoms with Crippen LogP contribution < -0.4 is 0 Å². The molecule has 0 saturated heterocycles. The molecule has 0 spiro atoms. The van der Waals surface area contributed by atoms with E-state index in [1.54, 1.807) is 0 Å². The van der Waals surface area contributed by atoms with Crippen molar-refractivity contribution >= 4 is 35.1 Å². The standard InChI is InChI=1S/C13H8Br2.Zr/c14-12-5-1-10(2-6-12)9-11-3-7-13(15)8-4-11;/h1-8H;/q;+2. The van der Waals surface area contributed by atoms with Crippen molar-refractivity contribution in [2.75, 3.05) is 0 Å². The molecule has 0 radical (unpaired) electrons. The van der Waals surface area contributed by atoms with Gasteiger partial charge < -0.3 is 0 Å². The van der Waals surface area contributed by atoms with Gasteiger partial charge in [-0.3, -0.25) is 0 Å². The van der Waals surface area contributed by atoms with Gasteiger partial charge in [-0.2, -0.15) is 0 Å². The van der Waals surface area contributed by atoms with Crippen LogP contribution in [0.3, 0.4) is 0 Å². The minimum atomic E-state index is 1.12. The molecule has 0 heterocycles. The van der Waals surface area contributed by atoms with Crippen molar-refractivity contribution < 1.29 is 24.2 Å². The molecular weight excluding hydrogens is 407 g/mol. The summed E-state index contributed by atoms with van der Waals surface area (Å²) < 4.78 is 3.62. The molecule has 0 N–H and O–H groups in total. The van der Waals surface area contributed by atoms with Crippen molar-refractivity contribution in [3.8, 4) is 0 Å². The SMILES string of the molecule is Brc1ccc([C](=[Zr+2])c2ccc(Br)cc2)cc1. The Labute approximate surface area is 127 Å². The fourth-order valence-corrected chi connectivity index (χ4v) is 2.75. The first-order valence-electron chi connectivity index (χ1n) is 4.77. The molecule has 0 unspecified atom stereocenters. The molecule has 0 nitrogen and oxygen atoms in total. The van der Waals surface area contributed by atoms with Gasteiger partial charge in [0.05, 0.1) is 0 Å². The van der Waals surface area contributed by atoms with Gasteiger partial charge in [0.1, 0.15) is 0 Å². The van der Waals surface area contributed by atoms with Gasteiger partial charge in [0.15, 0.2) is 0 Å². The van der Waals surface area contributed by atoms with Gasteiger partial charge >= 0.3 is 128 Å². The molecule has 0 amide bonds. The summed E-state index contributed by atoms with van der Waals surface area (Å²) in [5.41, 5.74) is 2.59. The van der Waals surface area contributed by atoms with Gasteiger partial charge in [-0.05, 0) is 0 Å². The van der Waals surface area contributed by atoms with E-state index in [-0.39, 0.29) is 0 Å². The molecule has 0 fully saturated rings. The average Bonchev–Trinajstić information content (AvgIpc) is 2.30. The van der Waals surface area contributed by atoms with Crippen molar-refractivity contribution in [2.45, 2.75) is 0 Å². The Hall–Kier alpha value is 0.153. The number of halogens is 2. The van der Waals surface area contributed by atoms with E-state index < -0.39 is 0 Å². The fourth-order valence-electron chi connectivity index (χ4n) is 1.40. The Bertz CT molecular complexity index is 453. The average molecular weight is 415 g/mol. The van der Waals surface area contributed by atoms with Crippen LogP contribution in [0.5, 0.6) is 0 Å². The number of benzene rings is 2. The second-order valence-corrected chi connectivity index (χ2v) is 6.45. The van der Waals surface area contributed by atoms with Crippen LogP contribution in [0.2, 0.25) is 0 Å². The molecule has 2 rings (SSSR count). The van der Waals surface area contributed by atoms with Crippen LogP contribution in [0.15, 0.2) is 57.5 Å². The summed E-state index contributed by atoms with van der Waals surface area (Å²) in [7, 11) is 0. The second kappa shape index (κ2) is 5.66. The number of hydrogen-bond acceptors (Lipinski definition) is 0. The van der Waals surface area contributed by atoms with Crippen molar-refractivity contribution in [3.63, 3.8) is 0 Å². The molecule has 2 aromatic rings. The summed E-state index contributed by atoms with van der Waals surface area (Å²) in [6.07, 6.45) is 0. The zero-order valence-electron chi connectivity index (χ0n) is 8.37. The molecule has 0 bridgehead atoms. The molecular formula is C13H8Br2Zr+2. The molecule has 0 aliphatic carbocycles. The minimum absolute atomic E-state index is 1.12. The van der Waals surface area contributed by atoms with Crippen LogP contribution in [0.1, 0.15) is 11.1 Å². The maximum absolute atomic E-state index is 3.45. The molecule has 0 aliphatic rings. The Morgan fingerprint density at radius 2 is 1.00 bits per heavy atom. The van der Waals surface area contributed by atoms with Crippen LogP contribution in [-0.2, 0) is 24.2 Å². The molecule has 0 saturated carbocycles. The first kappa shape index (κ1) is 12.6. The van der Waals surface area contributed by atoms with Crippen LogP contribution in [-0.4, -0.2) is 3.21 Å². The first-order chi connectivity index (χ1) is 7.66. The Morgan fingerprint density at radius 3 is 1.31 bits per heavy atom. The van der Waals surface area contributed by atoms with E-state index in [1.807, 2.05) is 0 Å². The van der Waals surface area contributed by atoms with E-state index in [1.165, 1.54) is 38.6 Å². The van der Waals surface area contributed by atoms with Crippen molar-refractivity contribution in [1.29, 1.82) is 0 Å². The summed E-state index contributed by atoms with van der Waals surface area (Å²) in [6.45, 7) is 0. The van der Waals surface area contributed by atoms with E-state index in [0.717, 1.165) is 8.95 Å². The molecule has 0 atom stereocenters. The Kier molecular flexibility index (Phi) is 4.46. The monoisotopic (exact) mass is 412 g/mol. The van der Waals surface area contributed by atoms with Crippen LogP contribution in [0.4, 0.5) is 0 Å². The molecule has 16 heavy (non-hydrogen) atoms. The summed E-state index contributed by atoms with van der Waals surface area (Å²) in [5.74, 6) is 0. The van der Waals surface area contributed by atoms with Gasteiger partial charge in [0.25, 0.3) is 0 Å². The van der Waals surface area contributed by atoms with Crippen molar-refractivity contribution in [3.05, 3.63) is 68.6 Å². The van der Waals surface area contributed by atoms with E-state index >= 15 is 0 Å². The topological polar surface area (TPSA) is 0 Å². The summed E-state index contributed by atoms with van der Waals surface area (Å²) in [4.78, 5) is 0. The predicted molar refractivity (Wildman–Crippen MR) is 71.5 cm³/mol. The van der Waals surface area contributed by atoms with Gasteiger partial charge in [-0.25, -0.2) is 0 Å². The summed E-state index contributed by atoms with van der Waals surface area (Å²) >= 11 is 8.34.